The molecule has 2 aliphatic rings. The second-order valence-corrected chi connectivity index (χ2v) is 7.34. The third-order valence-electron chi connectivity index (χ3n) is 4.24. The highest BCUT2D eigenvalue weighted by atomic mass is 16.6. The first-order valence-corrected chi connectivity index (χ1v) is 7.64. The van der Waals surface area contributed by atoms with Crippen molar-refractivity contribution in [2.24, 2.45) is 5.92 Å². The first kappa shape index (κ1) is 14.4. The Kier molecular flexibility index (Phi) is 3.22. The summed E-state index contributed by atoms with van der Waals surface area (Å²) in [7, 11) is 0. The molecule has 116 valence electrons. The summed E-state index contributed by atoms with van der Waals surface area (Å²) in [6.45, 7) is 7.72. The highest BCUT2D eigenvalue weighted by Crippen LogP contribution is 2.47. The molecule has 3 rings (SSSR count). The van der Waals surface area contributed by atoms with Gasteiger partial charge in [0, 0.05) is 5.92 Å². The normalized spacial score (nSPS) is 26.9. The summed E-state index contributed by atoms with van der Waals surface area (Å²) < 4.78 is 10.7. The maximum Gasteiger partial charge on any atom is 0.408 e. The van der Waals surface area contributed by atoms with Gasteiger partial charge in [0.05, 0.1) is 0 Å². The number of rotatable bonds is 3. The van der Waals surface area contributed by atoms with Crippen LogP contribution in [0.3, 0.4) is 0 Å². The van der Waals surface area contributed by atoms with E-state index in [2.05, 4.69) is 22.4 Å². The van der Waals surface area contributed by atoms with Crippen LogP contribution in [0.25, 0.3) is 0 Å². The van der Waals surface area contributed by atoms with Crippen LogP contribution in [0.2, 0.25) is 0 Å². The van der Waals surface area contributed by atoms with Crippen molar-refractivity contribution >= 4 is 6.09 Å². The van der Waals surface area contributed by atoms with E-state index < -0.39 is 17.2 Å². The lowest BCUT2D eigenvalue weighted by Crippen LogP contribution is -2.52. The van der Waals surface area contributed by atoms with Gasteiger partial charge in [-0.05, 0) is 52.4 Å². The number of carbonyl (C=O) groups is 1. The summed E-state index contributed by atoms with van der Waals surface area (Å²) in [6, 6.07) is 0. The number of nitrogens with one attached hydrogen (secondary N) is 1. The zero-order valence-electron chi connectivity index (χ0n) is 13.1. The van der Waals surface area contributed by atoms with Gasteiger partial charge in [0.2, 0.25) is 5.89 Å². The van der Waals surface area contributed by atoms with Gasteiger partial charge in [-0.1, -0.05) is 12.1 Å². The van der Waals surface area contributed by atoms with Crippen LogP contribution < -0.4 is 5.32 Å². The molecule has 1 aromatic heterocycles. The minimum Gasteiger partial charge on any atom is -0.444 e. The van der Waals surface area contributed by atoms with E-state index in [-0.39, 0.29) is 0 Å². The molecule has 6 heteroatoms. The zero-order chi connectivity index (χ0) is 15.3. The summed E-state index contributed by atoms with van der Waals surface area (Å²) in [5.41, 5.74) is -1.02. The molecule has 0 unspecified atom stereocenters. The van der Waals surface area contributed by atoms with Crippen molar-refractivity contribution in [2.45, 2.75) is 70.4 Å². The van der Waals surface area contributed by atoms with E-state index in [0.717, 1.165) is 25.7 Å². The summed E-state index contributed by atoms with van der Waals surface area (Å²) in [6.07, 6.45) is 3.37. The molecule has 0 aromatic carbocycles. The monoisotopic (exact) mass is 293 g/mol. The van der Waals surface area contributed by atoms with Gasteiger partial charge in [-0.3, -0.25) is 0 Å². The molecule has 0 radical (unpaired) electrons. The fraction of sp³-hybridized carbons (Fsp3) is 0.800. The lowest BCUT2D eigenvalue weighted by atomic mass is 9.76. The maximum atomic E-state index is 12.0. The Morgan fingerprint density at radius 2 is 2.10 bits per heavy atom. The van der Waals surface area contributed by atoms with E-state index in [1.807, 2.05) is 20.8 Å². The van der Waals surface area contributed by atoms with E-state index in [1.54, 1.807) is 0 Å². The van der Waals surface area contributed by atoms with Crippen LogP contribution in [0.15, 0.2) is 4.52 Å². The van der Waals surface area contributed by atoms with Gasteiger partial charge in [0.15, 0.2) is 5.82 Å². The fourth-order valence-corrected chi connectivity index (χ4v) is 2.68. The minimum absolute atomic E-state index is 0.393. The Balaban J connectivity index is 1.71. The fourth-order valence-electron chi connectivity index (χ4n) is 2.68. The largest absolute Gasteiger partial charge is 0.444 e. The Bertz CT molecular complexity index is 543. The third-order valence-corrected chi connectivity index (χ3v) is 4.24. The van der Waals surface area contributed by atoms with Gasteiger partial charge in [-0.25, -0.2) is 4.79 Å². The molecular weight excluding hydrogens is 270 g/mol. The molecule has 1 amide bonds. The first-order chi connectivity index (χ1) is 9.79. The van der Waals surface area contributed by atoms with Gasteiger partial charge in [-0.15, -0.1) is 0 Å². The molecule has 2 aliphatic carbocycles. The van der Waals surface area contributed by atoms with E-state index in [0.29, 0.717) is 23.6 Å². The molecule has 6 nitrogen and oxygen atoms in total. The minimum atomic E-state index is -0.513. The smallest absolute Gasteiger partial charge is 0.408 e. The van der Waals surface area contributed by atoms with Gasteiger partial charge >= 0.3 is 6.09 Å². The van der Waals surface area contributed by atoms with Crippen molar-refractivity contribution in [3.8, 4) is 0 Å². The molecule has 1 heterocycles. The standard InChI is InChI=1S/C15H23N3O3/c1-9-8-10(9)11-16-12(18-21-11)15(6-5-7-15)17-13(19)20-14(2,3)4/h9-10H,5-8H2,1-4H3,(H,17,19)/t9-,10+/m0/s1. The Morgan fingerprint density at radius 3 is 2.57 bits per heavy atom. The highest BCUT2D eigenvalue weighted by Gasteiger charge is 2.47. The van der Waals surface area contributed by atoms with Gasteiger partial charge in [0.1, 0.15) is 11.1 Å². The molecule has 0 spiro atoms. The van der Waals surface area contributed by atoms with E-state index in [9.17, 15) is 4.79 Å². The molecule has 1 aromatic rings. The van der Waals surface area contributed by atoms with Crippen molar-refractivity contribution < 1.29 is 14.1 Å². The number of amides is 1. The van der Waals surface area contributed by atoms with Gasteiger partial charge in [0.25, 0.3) is 0 Å². The lowest BCUT2D eigenvalue weighted by molar-refractivity contribution is 0.0362. The van der Waals surface area contributed by atoms with Crippen LogP contribution in [0.5, 0.6) is 0 Å². The van der Waals surface area contributed by atoms with Crippen LogP contribution in [-0.4, -0.2) is 21.8 Å². The number of carbonyl (C=O) groups excluding carboxylic acids is 1. The maximum absolute atomic E-state index is 12.0. The number of hydrogen-bond donors (Lipinski definition) is 1. The zero-order valence-corrected chi connectivity index (χ0v) is 13.1. The van der Waals surface area contributed by atoms with Crippen molar-refractivity contribution in [1.29, 1.82) is 0 Å². The number of alkyl carbamates (subject to hydrolysis) is 1. The SMILES string of the molecule is C[C@H]1C[C@H]1c1nc(C2(NC(=O)OC(C)(C)C)CCC2)no1. The van der Waals surface area contributed by atoms with Gasteiger partial charge in [-0.2, -0.15) is 4.98 Å². The summed E-state index contributed by atoms with van der Waals surface area (Å²) >= 11 is 0. The Hall–Kier alpha value is -1.59. The first-order valence-electron chi connectivity index (χ1n) is 7.64. The predicted octanol–water partition coefficient (Wildman–Crippen LogP) is 3.10. The van der Waals surface area contributed by atoms with E-state index in [1.165, 1.54) is 0 Å². The summed E-state index contributed by atoms with van der Waals surface area (Å²) in [5.74, 6) is 2.31. The molecular formula is C15H23N3O3. The number of ether oxygens (including phenoxy) is 1. The predicted molar refractivity (Wildman–Crippen MR) is 75.7 cm³/mol. The van der Waals surface area contributed by atoms with Crippen LogP contribution in [0, 0.1) is 5.92 Å². The number of aromatic nitrogens is 2. The Labute approximate surface area is 124 Å². The van der Waals surface area contributed by atoms with Crippen molar-refractivity contribution in [3.63, 3.8) is 0 Å². The molecule has 2 saturated carbocycles. The second-order valence-electron chi connectivity index (χ2n) is 7.34. The summed E-state index contributed by atoms with van der Waals surface area (Å²) in [5, 5.41) is 7.04. The second kappa shape index (κ2) is 4.71. The molecule has 0 bridgehead atoms. The Morgan fingerprint density at radius 1 is 1.43 bits per heavy atom. The van der Waals surface area contributed by atoms with Crippen molar-refractivity contribution in [1.82, 2.24) is 15.5 Å². The molecule has 1 N–H and O–H groups in total. The van der Waals surface area contributed by atoms with E-state index in [4.69, 9.17) is 9.26 Å². The average Bonchev–Trinajstić information content (AvgIpc) is 2.85. The average molecular weight is 293 g/mol. The lowest BCUT2D eigenvalue weighted by Gasteiger charge is -2.39. The van der Waals surface area contributed by atoms with Crippen molar-refractivity contribution in [3.05, 3.63) is 11.7 Å². The number of hydrogen-bond acceptors (Lipinski definition) is 5. The highest BCUT2D eigenvalue weighted by molar-refractivity contribution is 5.69. The quantitative estimate of drug-likeness (QED) is 0.926. The van der Waals surface area contributed by atoms with Crippen molar-refractivity contribution in [2.75, 3.05) is 0 Å². The molecule has 2 fully saturated rings. The van der Waals surface area contributed by atoms with Crippen LogP contribution in [0.1, 0.15) is 71.0 Å². The van der Waals surface area contributed by atoms with Gasteiger partial charge < -0.3 is 14.6 Å². The van der Waals surface area contributed by atoms with E-state index >= 15 is 0 Å². The van der Waals surface area contributed by atoms with Crippen LogP contribution in [-0.2, 0) is 10.3 Å². The third kappa shape index (κ3) is 2.89. The molecule has 0 aliphatic heterocycles. The topological polar surface area (TPSA) is 77.2 Å². The number of nitrogens with zero attached hydrogens (tertiary/aromatic N) is 2. The van der Waals surface area contributed by atoms with Crippen LogP contribution in [0.4, 0.5) is 4.79 Å². The summed E-state index contributed by atoms with van der Waals surface area (Å²) in [4.78, 5) is 16.5. The molecule has 2 atom stereocenters. The molecule has 21 heavy (non-hydrogen) atoms. The van der Waals surface area contributed by atoms with Crippen LogP contribution >= 0.6 is 0 Å². The molecule has 0 saturated heterocycles.